The number of fused-ring (bicyclic) bond motifs is 1. The van der Waals surface area contributed by atoms with Gasteiger partial charge >= 0.3 is 0 Å². The molecule has 0 spiro atoms. The predicted molar refractivity (Wildman–Crippen MR) is 82.7 cm³/mol. The molecule has 3 rings (SSSR count). The summed E-state index contributed by atoms with van der Waals surface area (Å²) in [5.74, 6) is 1.09. The SMILES string of the molecule is Cc1nc(C)c(C)c(NC2CC(CO)C3OC(C)(C)OC23)n1. The summed E-state index contributed by atoms with van der Waals surface area (Å²) in [6, 6.07) is 0.0799. The molecule has 1 saturated carbocycles. The summed E-state index contributed by atoms with van der Waals surface area (Å²) in [5, 5.41) is 13.1. The second-order valence-corrected chi connectivity index (χ2v) is 6.82. The molecule has 2 heterocycles. The Morgan fingerprint density at radius 3 is 2.55 bits per heavy atom. The molecule has 1 aliphatic heterocycles. The first kappa shape index (κ1) is 15.6. The van der Waals surface area contributed by atoms with Gasteiger partial charge in [0.25, 0.3) is 0 Å². The van der Waals surface area contributed by atoms with Gasteiger partial charge in [0.05, 0.1) is 12.1 Å². The average molecular weight is 307 g/mol. The standard InChI is InChI=1S/C16H25N3O3/c1-8-9(2)17-10(3)18-15(8)19-12-6-11(7-20)13-14(12)22-16(4,5)21-13/h11-14,20H,6-7H2,1-5H3,(H,17,18,19). The van der Waals surface area contributed by atoms with E-state index in [1.54, 1.807) is 0 Å². The van der Waals surface area contributed by atoms with Gasteiger partial charge < -0.3 is 19.9 Å². The zero-order valence-electron chi connectivity index (χ0n) is 13.9. The molecule has 6 heteroatoms. The molecule has 1 aromatic heterocycles. The Morgan fingerprint density at radius 1 is 1.18 bits per heavy atom. The highest BCUT2D eigenvalue weighted by atomic mass is 16.8. The van der Waals surface area contributed by atoms with Crippen molar-refractivity contribution in [3.05, 3.63) is 17.1 Å². The highest BCUT2D eigenvalue weighted by Gasteiger charge is 2.53. The van der Waals surface area contributed by atoms with E-state index in [2.05, 4.69) is 15.3 Å². The van der Waals surface area contributed by atoms with Crippen molar-refractivity contribution in [2.24, 2.45) is 5.92 Å². The van der Waals surface area contributed by atoms with Crippen molar-refractivity contribution in [2.75, 3.05) is 11.9 Å². The quantitative estimate of drug-likeness (QED) is 0.885. The van der Waals surface area contributed by atoms with Gasteiger partial charge in [0.15, 0.2) is 5.79 Å². The van der Waals surface area contributed by atoms with E-state index in [1.165, 1.54) is 0 Å². The fourth-order valence-electron chi connectivity index (χ4n) is 3.49. The predicted octanol–water partition coefficient (Wildman–Crippen LogP) is 1.71. The van der Waals surface area contributed by atoms with Crippen molar-refractivity contribution in [3.63, 3.8) is 0 Å². The molecule has 0 radical (unpaired) electrons. The maximum absolute atomic E-state index is 9.62. The molecular weight excluding hydrogens is 282 g/mol. The lowest BCUT2D eigenvalue weighted by molar-refractivity contribution is -0.158. The number of rotatable bonds is 3. The first-order valence-corrected chi connectivity index (χ1v) is 7.85. The molecule has 22 heavy (non-hydrogen) atoms. The first-order valence-electron chi connectivity index (χ1n) is 7.85. The number of anilines is 1. The minimum Gasteiger partial charge on any atom is -0.396 e. The zero-order valence-corrected chi connectivity index (χ0v) is 13.9. The van der Waals surface area contributed by atoms with Crippen LogP contribution in [0.15, 0.2) is 0 Å². The highest BCUT2D eigenvalue weighted by molar-refractivity contribution is 5.47. The minimum absolute atomic E-state index is 0.0675. The summed E-state index contributed by atoms with van der Waals surface area (Å²) in [5.41, 5.74) is 2.03. The Morgan fingerprint density at radius 2 is 1.86 bits per heavy atom. The minimum atomic E-state index is -0.602. The summed E-state index contributed by atoms with van der Waals surface area (Å²) >= 11 is 0. The van der Waals surface area contributed by atoms with E-state index >= 15 is 0 Å². The van der Waals surface area contributed by atoms with Gasteiger partial charge in [-0.3, -0.25) is 0 Å². The molecule has 6 nitrogen and oxygen atoms in total. The number of aryl methyl sites for hydroxylation is 2. The molecule has 122 valence electrons. The Hall–Kier alpha value is -1.24. The fraction of sp³-hybridized carbons (Fsp3) is 0.750. The van der Waals surface area contributed by atoms with Gasteiger partial charge in [-0.05, 0) is 41.0 Å². The smallest absolute Gasteiger partial charge is 0.163 e. The van der Waals surface area contributed by atoms with Gasteiger partial charge in [0, 0.05) is 23.8 Å². The fourth-order valence-corrected chi connectivity index (χ4v) is 3.49. The largest absolute Gasteiger partial charge is 0.396 e. The number of nitrogens with one attached hydrogen (secondary N) is 1. The number of ether oxygens (including phenoxy) is 2. The third-order valence-corrected chi connectivity index (χ3v) is 4.64. The van der Waals surface area contributed by atoms with Crippen LogP contribution in [0, 0.1) is 26.7 Å². The molecule has 1 aromatic rings. The van der Waals surface area contributed by atoms with E-state index in [-0.39, 0.29) is 30.8 Å². The monoisotopic (exact) mass is 307 g/mol. The first-order chi connectivity index (χ1) is 10.3. The van der Waals surface area contributed by atoms with Crippen molar-refractivity contribution in [1.29, 1.82) is 0 Å². The number of hydrogen-bond acceptors (Lipinski definition) is 6. The third kappa shape index (κ3) is 2.71. The number of nitrogens with zero attached hydrogens (tertiary/aromatic N) is 2. The van der Waals surface area contributed by atoms with Crippen LogP contribution < -0.4 is 5.32 Å². The van der Waals surface area contributed by atoms with Crippen LogP contribution in [0.2, 0.25) is 0 Å². The Kier molecular flexibility index (Phi) is 3.87. The van der Waals surface area contributed by atoms with Crippen LogP contribution >= 0.6 is 0 Å². The van der Waals surface area contributed by atoms with Gasteiger partial charge in [-0.1, -0.05) is 0 Å². The van der Waals surface area contributed by atoms with Crippen LogP contribution in [0.25, 0.3) is 0 Å². The topological polar surface area (TPSA) is 76.5 Å². The highest BCUT2D eigenvalue weighted by Crippen LogP contribution is 2.42. The molecule has 2 fully saturated rings. The second-order valence-electron chi connectivity index (χ2n) is 6.82. The number of aromatic nitrogens is 2. The molecule has 0 aromatic carbocycles. The zero-order chi connectivity index (χ0) is 16.1. The second kappa shape index (κ2) is 5.44. The number of aliphatic hydroxyl groups is 1. The van der Waals surface area contributed by atoms with E-state index in [9.17, 15) is 5.11 Å². The van der Waals surface area contributed by atoms with Gasteiger partial charge in [0.1, 0.15) is 17.7 Å². The summed E-state index contributed by atoms with van der Waals surface area (Å²) in [6.07, 6.45) is 0.674. The van der Waals surface area contributed by atoms with Crippen LogP contribution in [0.3, 0.4) is 0 Å². The van der Waals surface area contributed by atoms with Crippen LogP contribution in [-0.4, -0.2) is 45.7 Å². The lowest BCUT2D eigenvalue weighted by Gasteiger charge is -2.24. The van der Waals surface area contributed by atoms with Crippen molar-refractivity contribution in [1.82, 2.24) is 9.97 Å². The Labute approximate surface area is 131 Å². The van der Waals surface area contributed by atoms with Crippen LogP contribution in [0.4, 0.5) is 5.82 Å². The summed E-state index contributed by atoms with van der Waals surface area (Å²) in [7, 11) is 0. The number of aliphatic hydroxyl groups excluding tert-OH is 1. The van der Waals surface area contributed by atoms with Crippen molar-refractivity contribution >= 4 is 5.82 Å². The lowest BCUT2D eigenvalue weighted by atomic mass is 10.1. The van der Waals surface area contributed by atoms with Crippen LogP contribution in [0.5, 0.6) is 0 Å². The Bertz CT molecular complexity index is 576. The van der Waals surface area contributed by atoms with Gasteiger partial charge in [0.2, 0.25) is 0 Å². The molecule has 0 bridgehead atoms. The molecule has 2 N–H and O–H groups in total. The molecule has 4 atom stereocenters. The van der Waals surface area contributed by atoms with E-state index < -0.39 is 5.79 Å². The van der Waals surface area contributed by atoms with Gasteiger partial charge in [-0.25, -0.2) is 9.97 Å². The van der Waals surface area contributed by atoms with E-state index in [4.69, 9.17) is 9.47 Å². The molecular formula is C16H25N3O3. The summed E-state index contributed by atoms with van der Waals surface area (Å²) in [6.45, 7) is 9.84. The maximum atomic E-state index is 9.62. The molecule has 0 amide bonds. The Balaban J connectivity index is 1.84. The maximum Gasteiger partial charge on any atom is 0.163 e. The van der Waals surface area contributed by atoms with Gasteiger partial charge in [-0.15, -0.1) is 0 Å². The summed E-state index contributed by atoms with van der Waals surface area (Å²) in [4.78, 5) is 8.90. The van der Waals surface area contributed by atoms with Crippen molar-refractivity contribution in [2.45, 2.75) is 65.1 Å². The number of hydrogen-bond donors (Lipinski definition) is 2. The molecule has 2 aliphatic rings. The van der Waals surface area contributed by atoms with Crippen molar-refractivity contribution < 1.29 is 14.6 Å². The normalized spacial score (nSPS) is 33.0. The van der Waals surface area contributed by atoms with Crippen LogP contribution in [0.1, 0.15) is 37.4 Å². The molecule has 1 aliphatic carbocycles. The average Bonchev–Trinajstić information content (AvgIpc) is 2.89. The van der Waals surface area contributed by atoms with E-state index in [0.29, 0.717) is 0 Å². The molecule has 1 saturated heterocycles. The lowest BCUT2D eigenvalue weighted by Crippen LogP contribution is -2.35. The van der Waals surface area contributed by atoms with E-state index in [0.717, 1.165) is 29.3 Å². The summed E-state index contributed by atoms with van der Waals surface area (Å²) < 4.78 is 12.0. The van der Waals surface area contributed by atoms with E-state index in [1.807, 2.05) is 34.6 Å². The molecule has 4 unspecified atom stereocenters. The van der Waals surface area contributed by atoms with Gasteiger partial charge in [-0.2, -0.15) is 0 Å². The third-order valence-electron chi connectivity index (χ3n) is 4.64. The van der Waals surface area contributed by atoms with Crippen LogP contribution in [-0.2, 0) is 9.47 Å². The van der Waals surface area contributed by atoms with Crippen molar-refractivity contribution in [3.8, 4) is 0 Å².